The Balaban J connectivity index is 0.000000285. The average molecular weight is 560 g/mol. The minimum atomic E-state index is -1.81. The number of carbonyl (C=O) groups is 1. The van der Waals surface area contributed by atoms with Gasteiger partial charge in [-0.3, -0.25) is 4.79 Å². The van der Waals surface area contributed by atoms with E-state index in [0.717, 1.165) is 29.6 Å². The molecular formula is C30H41NO9. The molecule has 2 aliphatic heterocycles. The number of fused-ring (bicyclic) bond motifs is 2. The highest BCUT2D eigenvalue weighted by atomic mass is 16.6. The van der Waals surface area contributed by atoms with Gasteiger partial charge in [0.1, 0.15) is 29.5 Å². The van der Waals surface area contributed by atoms with Crippen LogP contribution in [0.25, 0.3) is 22.6 Å². The Hall–Kier alpha value is -2.89. The van der Waals surface area contributed by atoms with Gasteiger partial charge in [0.25, 0.3) is 0 Å². The molecule has 5 atom stereocenters. The number of aromatic nitrogens is 1. The second kappa shape index (κ2) is 15.8. The molecule has 0 unspecified atom stereocenters. The maximum absolute atomic E-state index is 12.4. The Kier molecular flexibility index (Phi) is 12.5. The minimum absolute atomic E-state index is 0.0688. The number of hydrogen-bond acceptors (Lipinski definition) is 9. The van der Waals surface area contributed by atoms with Gasteiger partial charge in [-0.05, 0) is 31.0 Å². The summed E-state index contributed by atoms with van der Waals surface area (Å²) >= 11 is 0. The van der Waals surface area contributed by atoms with Gasteiger partial charge in [-0.2, -0.15) is 0 Å². The van der Waals surface area contributed by atoms with E-state index in [1.807, 2.05) is 30.3 Å². The van der Waals surface area contributed by atoms with Crippen LogP contribution in [0.2, 0.25) is 0 Å². The zero-order valence-corrected chi connectivity index (χ0v) is 22.9. The lowest BCUT2D eigenvalue weighted by Gasteiger charge is -2.36. The average Bonchev–Trinajstić information content (AvgIpc) is 2.94. The van der Waals surface area contributed by atoms with Crippen molar-refractivity contribution in [3.8, 4) is 11.5 Å². The van der Waals surface area contributed by atoms with E-state index in [0.29, 0.717) is 11.3 Å². The van der Waals surface area contributed by atoms with Crippen molar-refractivity contribution >= 4 is 17.1 Å². The molecular weight excluding hydrogens is 518 g/mol. The van der Waals surface area contributed by atoms with Crippen LogP contribution in [0.5, 0.6) is 0 Å². The van der Waals surface area contributed by atoms with Crippen molar-refractivity contribution < 1.29 is 39.5 Å². The molecule has 1 aromatic rings. The molecule has 4 rings (SSSR count). The molecule has 0 aromatic heterocycles. The number of aliphatic hydroxyl groups is 4. The number of benzene rings is 2. The van der Waals surface area contributed by atoms with Crippen LogP contribution in [0.4, 0.5) is 0 Å². The van der Waals surface area contributed by atoms with Gasteiger partial charge in [-0.1, -0.05) is 76.8 Å². The van der Waals surface area contributed by atoms with E-state index in [4.69, 9.17) is 29.9 Å². The van der Waals surface area contributed by atoms with Crippen LogP contribution < -0.4 is 5.43 Å². The number of para-hydroxylation sites is 2. The largest absolute Gasteiger partial charge is 0.479 e. The number of unbranched alkanes of at least 4 members (excludes halogenated alkanes) is 9. The van der Waals surface area contributed by atoms with Crippen LogP contribution in [0, 0.1) is 0 Å². The standard InChI is InChI=1S/C24H31NO2.C6H10O7/c1-2-3-4-5-6-7-8-9-10-11-14-19-17-21-24(18-22(19)26)27-23-16-13-12-15-20(23)25-21;7-1-2(8)4(5(10)11)13-6(12)3(1)9/h12-13,15-18H,2-11,14H2,1H3;1-4,6-9,12H,(H,10,11)/t;1-,2-,3+,4-,6+/m.0/s1. The summed E-state index contributed by atoms with van der Waals surface area (Å²) in [7, 11) is 0. The van der Waals surface area contributed by atoms with E-state index in [1.165, 1.54) is 57.8 Å². The number of carboxylic acid groups (broad SMARTS) is 1. The summed E-state index contributed by atoms with van der Waals surface area (Å²) in [4.78, 5) is 27.4. The molecule has 1 aromatic carbocycles. The Bertz CT molecular complexity index is 1230. The highest BCUT2D eigenvalue weighted by molar-refractivity contribution is 5.76. The second-order valence-corrected chi connectivity index (χ2v) is 10.3. The van der Waals surface area contributed by atoms with Crippen LogP contribution >= 0.6 is 0 Å². The lowest BCUT2D eigenvalue weighted by molar-refractivity contribution is -0.279. The van der Waals surface area contributed by atoms with E-state index in [9.17, 15) is 9.59 Å². The molecule has 0 amide bonds. The van der Waals surface area contributed by atoms with Gasteiger partial charge >= 0.3 is 5.97 Å². The van der Waals surface area contributed by atoms with Crippen molar-refractivity contribution in [2.75, 3.05) is 0 Å². The first kappa shape index (κ1) is 31.6. The number of aryl methyl sites for hydroxylation is 1. The zero-order chi connectivity index (χ0) is 29.1. The van der Waals surface area contributed by atoms with Crippen LogP contribution in [-0.2, 0) is 16.0 Å². The van der Waals surface area contributed by atoms with Gasteiger partial charge in [-0.25, -0.2) is 9.78 Å². The van der Waals surface area contributed by atoms with Gasteiger partial charge in [-0.15, -0.1) is 0 Å². The molecule has 0 saturated carbocycles. The van der Waals surface area contributed by atoms with Gasteiger partial charge < -0.3 is 34.7 Å². The highest BCUT2D eigenvalue weighted by Gasteiger charge is 2.46. The van der Waals surface area contributed by atoms with Crippen LogP contribution in [0.1, 0.15) is 76.7 Å². The first-order valence-corrected chi connectivity index (χ1v) is 14.2. The number of hydrogen-bond donors (Lipinski definition) is 5. The summed E-state index contributed by atoms with van der Waals surface area (Å²) in [6, 6.07) is 11.2. The smallest absolute Gasteiger partial charge is 0.335 e. The van der Waals surface area contributed by atoms with Crippen molar-refractivity contribution in [1.82, 2.24) is 4.98 Å². The summed E-state index contributed by atoms with van der Waals surface area (Å²) < 4.78 is 10.2. The molecule has 0 spiro atoms. The number of ether oxygens (including phenoxy) is 1. The SMILES string of the molecule is CCCCCCCCCCCCc1cc2nc3ccccc3oc-2cc1=O.O=C(O)[C@H]1O[C@@H](O)[C@H](O)[C@@H](O)[C@@H]1O. The van der Waals surface area contributed by atoms with E-state index in [1.54, 1.807) is 6.07 Å². The van der Waals surface area contributed by atoms with Gasteiger partial charge in [0.15, 0.2) is 29.2 Å². The maximum atomic E-state index is 12.4. The van der Waals surface area contributed by atoms with E-state index >= 15 is 0 Å². The van der Waals surface area contributed by atoms with Crippen molar-refractivity contribution in [1.29, 1.82) is 0 Å². The molecule has 5 N–H and O–H groups in total. The quantitative estimate of drug-likeness (QED) is 0.163. The third-order valence-corrected chi connectivity index (χ3v) is 7.10. The van der Waals surface area contributed by atoms with Crippen LogP contribution in [-0.4, -0.2) is 67.2 Å². The predicted octanol–water partition coefficient (Wildman–Crippen LogP) is 3.63. The first-order valence-electron chi connectivity index (χ1n) is 14.2. The third-order valence-electron chi connectivity index (χ3n) is 7.10. The number of carboxylic acids is 1. The topological polar surface area (TPSA) is 171 Å². The number of rotatable bonds is 12. The fraction of sp³-hybridized carbons (Fsp3) is 0.567. The summed E-state index contributed by atoms with van der Waals surface area (Å²) in [6.45, 7) is 2.26. The first-order chi connectivity index (χ1) is 19.2. The molecule has 1 aliphatic carbocycles. The Morgan fingerprint density at radius 2 is 1.48 bits per heavy atom. The molecule has 10 nitrogen and oxygen atoms in total. The summed E-state index contributed by atoms with van der Waals surface area (Å²) in [5.74, 6) is -0.942. The Labute approximate surface area is 233 Å². The molecule has 0 bridgehead atoms. The normalized spacial score (nSPS) is 22.7. The molecule has 220 valence electrons. The maximum Gasteiger partial charge on any atom is 0.335 e. The molecule has 3 aliphatic rings. The number of aliphatic carboxylic acids is 1. The number of nitrogens with zero attached hydrogens (tertiary/aromatic N) is 1. The zero-order valence-electron chi connectivity index (χ0n) is 22.9. The molecule has 2 heterocycles. The van der Waals surface area contributed by atoms with Crippen molar-refractivity contribution in [3.05, 3.63) is 52.2 Å². The highest BCUT2D eigenvalue weighted by Crippen LogP contribution is 2.25. The van der Waals surface area contributed by atoms with E-state index in [-0.39, 0.29) is 5.43 Å². The monoisotopic (exact) mass is 559 g/mol. The van der Waals surface area contributed by atoms with Crippen molar-refractivity contribution in [2.45, 2.75) is 108 Å². The van der Waals surface area contributed by atoms with Gasteiger partial charge in [0.05, 0.1) is 0 Å². The fourth-order valence-electron chi connectivity index (χ4n) is 4.71. The van der Waals surface area contributed by atoms with Gasteiger partial charge in [0, 0.05) is 11.6 Å². The minimum Gasteiger partial charge on any atom is -0.479 e. The molecule has 0 radical (unpaired) electrons. The summed E-state index contributed by atoms with van der Waals surface area (Å²) in [5, 5.41) is 44.4. The fourth-order valence-corrected chi connectivity index (χ4v) is 4.71. The van der Waals surface area contributed by atoms with E-state index < -0.39 is 36.7 Å². The van der Waals surface area contributed by atoms with Crippen molar-refractivity contribution in [2.24, 2.45) is 0 Å². The summed E-state index contributed by atoms with van der Waals surface area (Å²) in [5.41, 5.74) is 3.25. The number of aliphatic hydroxyl groups excluding tert-OH is 4. The molecule has 40 heavy (non-hydrogen) atoms. The van der Waals surface area contributed by atoms with Crippen molar-refractivity contribution in [3.63, 3.8) is 0 Å². The third kappa shape index (κ3) is 8.81. The lowest BCUT2D eigenvalue weighted by atomic mass is 9.99. The Morgan fingerprint density at radius 3 is 2.12 bits per heavy atom. The Morgan fingerprint density at radius 1 is 0.850 bits per heavy atom. The van der Waals surface area contributed by atoms with Gasteiger partial charge in [0.2, 0.25) is 0 Å². The van der Waals surface area contributed by atoms with Crippen LogP contribution in [0.3, 0.4) is 0 Å². The predicted molar refractivity (Wildman–Crippen MR) is 149 cm³/mol. The second-order valence-electron chi connectivity index (χ2n) is 10.3. The molecule has 10 heteroatoms. The molecule has 1 saturated heterocycles. The summed E-state index contributed by atoms with van der Waals surface area (Å²) in [6.07, 6.45) is 5.16. The molecule has 1 fully saturated rings. The van der Waals surface area contributed by atoms with E-state index in [2.05, 4.69) is 16.6 Å². The van der Waals surface area contributed by atoms with Crippen LogP contribution in [0.15, 0.2) is 45.6 Å². The lowest BCUT2D eigenvalue weighted by Crippen LogP contribution is -2.59.